The molecular weight excluding hydrogens is 222 g/mol. The molecule has 2 N–H and O–H groups in total. The van der Waals surface area contributed by atoms with Gasteiger partial charge in [-0.15, -0.1) is 5.10 Å². The average molecular weight is 239 g/mol. The summed E-state index contributed by atoms with van der Waals surface area (Å²) < 4.78 is 6.22. The monoisotopic (exact) mass is 239 g/mol. The molecule has 1 fully saturated rings. The van der Waals surface area contributed by atoms with Crippen LogP contribution in [0, 0.1) is 0 Å². The van der Waals surface area contributed by atoms with Gasteiger partial charge < -0.3 is 15.4 Å². The molecule has 0 radical (unpaired) electrons. The van der Waals surface area contributed by atoms with Crippen LogP contribution in [-0.2, 0) is 16.1 Å². The van der Waals surface area contributed by atoms with Crippen LogP contribution in [-0.4, -0.2) is 40.4 Å². The van der Waals surface area contributed by atoms with Crippen molar-refractivity contribution in [2.24, 2.45) is 0 Å². The molecule has 0 spiro atoms. The van der Waals surface area contributed by atoms with E-state index in [1.165, 1.54) is 4.68 Å². The fourth-order valence-corrected chi connectivity index (χ4v) is 1.84. The molecule has 1 aromatic rings. The molecule has 0 bridgehead atoms. The van der Waals surface area contributed by atoms with Crippen molar-refractivity contribution >= 4 is 17.9 Å². The molecule has 2 heterocycles. The summed E-state index contributed by atoms with van der Waals surface area (Å²) in [4.78, 5) is 17.5. The molecule has 0 atom stereocenters. The Kier molecular flexibility index (Phi) is 3.46. The van der Waals surface area contributed by atoms with Crippen molar-refractivity contribution in [3.05, 3.63) is 0 Å². The van der Waals surface area contributed by atoms with Crippen LogP contribution in [0.1, 0.15) is 19.8 Å². The van der Waals surface area contributed by atoms with Gasteiger partial charge in [-0.3, -0.25) is 4.79 Å². The predicted octanol–water partition coefficient (Wildman–Crippen LogP) is 0.0236. The van der Waals surface area contributed by atoms with Gasteiger partial charge in [0.05, 0.1) is 6.61 Å². The molecule has 0 unspecified atom stereocenters. The second-order valence-electron chi connectivity index (χ2n) is 3.93. The van der Waals surface area contributed by atoms with Gasteiger partial charge in [0.1, 0.15) is 6.54 Å². The predicted molar refractivity (Wildman–Crippen MR) is 62.5 cm³/mol. The van der Waals surface area contributed by atoms with Crippen LogP contribution >= 0.6 is 0 Å². The molecule has 1 aliphatic rings. The molecule has 17 heavy (non-hydrogen) atoms. The molecule has 0 aromatic carbocycles. The molecule has 7 nitrogen and oxygen atoms in total. The second kappa shape index (κ2) is 5.03. The first-order valence-electron chi connectivity index (χ1n) is 5.81. The number of carbonyl (C=O) groups excluding carboxylic acids is 1. The summed E-state index contributed by atoms with van der Waals surface area (Å²) in [5, 5.41) is 4.22. The zero-order valence-electron chi connectivity index (χ0n) is 9.93. The summed E-state index contributed by atoms with van der Waals surface area (Å²) in [5.41, 5.74) is 5.71. The minimum Gasteiger partial charge on any atom is -0.465 e. The van der Waals surface area contributed by atoms with Gasteiger partial charge in [-0.1, -0.05) is 0 Å². The SMILES string of the molecule is CCOC(=O)Cn1nc(N2CCCC2)nc1N. The summed E-state index contributed by atoms with van der Waals surface area (Å²) >= 11 is 0. The fourth-order valence-electron chi connectivity index (χ4n) is 1.84. The standard InChI is InChI=1S/C10H17N5O2/c1-2-17-8(16)7-15-9(11)12-10(13-15)14-5-3-4-6-14/h2-7H2,1H3,(H2,11,12,13). The Hall–Kier alpha value is -1.79. The van der Waals surface area contributed by atoms with E-state index in [-0.39, 0.29) is 18.5 Å². The van der Waals surface area contributed by atoms with Crippen LogP contribution in [0.3, 0.4) is 0 Å². The lowest BCUT2D eigenvalue weighted by atomic mass is 10.4. The van der Waals surface area contributed by atoms with Gasteiger partial charge in [-0.05, 0) is 19.8 Å². The third-order valence-corrected chi connectivity index (χ3v) is 2.66. The third-order valence-electron chi connectivity index (χ3n) is 2.66. The number of nitrogens with two attached hydrogens (primary N) is 1. The van der Waals surface area contributed by atoms with Crippen molar-refractivity contribution in [2.45, 2.75) is 26.3 Å². The van der Waals surface area contributed by atoms with Crippen LogP contribution in [0.25, 0.3) is 0 Å². The van der Waals surface area contributed by atoms with Gasteiger partial charge in [-0.25, -0.2) is 4.68 Å². The summed E-state index contributed by atoms with van der Waals surface area (Å²) in [6.07, 6.45) is 2.29. The zero-order chi connectivity index (χ0) is 12.3. The molecule has 1 aliphatic heterocycles. The summed E-state index contributed by atoms with van der Waals surface area (Å²) in [7, 11) is 0. The highest BCUT2D eigenvalue weighted by Gasteiger charge is 2.19. The van der Waals surface area contributed by atoms with E-state index < -0.39 is 0 Å². The Morgan fingerprint density at radius 2 is 2.18 bits per heavy atom. The van der Waals surface area contributed by atoms with Crippen LogP contribution in [0.4, 0.5) is 11.9 Å². The Balaban J connectivity index is 2.05. The molecule has 1 aromatic heterocycles. The first kappa shape index (κ1) is 11.7. The Bertz CT molecular complexity index is 397. The third kappa shape index (κ3) is 2.66. The van der Waals surface area contributed by atoms with Crippen LogP contribution in [0.2, 0.25) is 0 Å². The first-order chi connectivity index (χ1) is 8.20. The molecule has 0 saturated carbocycles. The summed E-state index contributed by atoms with van der Waals surface area (Å²) in [5.74, 6) is 0.501. The molecule has 0 amide bonds. The largest absolute Gasteiger partial charge is 0.465 e. The van der Waals surface area contributed by atoms with E-state index in [9.17, 15) is 4.79 Å². The van der Waals surface area contributed by atoms with Crippen molar-refractivity contribution in [1.29, 1.82) is 0 Å². The van der Waals surface area contributed by atoms with Gasteiger partial charge in [0.2, 0.25) is 11.9 Å². The molecule has 7 heteroatoms. The molecule has 0 aliphatic carbocycles. The lowest BCUT2D eigenvalue weighted by Crippen LogP contribution is -2.20. The highest BCUT2D eigenvalue weighted by atomic mass is 16.5. The Morgan fingerprint density at radius 1 is 1.47 bits per heavy atom. The maximum Gasteiger partial charge on any atom is 0.327 e. The number of anilines is 2. The van der Waals surface area contributed by atoms with Gasteiger partial charge in [0, 0.05) is 13.1 Å². The van der Waals surface area contributed by atoms with Crippen molar-refractivity contribution in [2.75, 3.05) is 30.3 Å². The van der Waals surface area contributed by atoms with E-state index in [0.717, 1.165) is 25.9 Å². The maximum absolute atomic E-state index is 11.3. The number of hydrogen-bond donors (Lipinski definition) is 1. The minimum atomic E-state index is -0.350. The van der Waals surface area contributed by atoms with E-state index in [2.05, 4.69) is 15.0 Å². The van der Waals surface area contributed by atoms with Crippen molar-refractivity contribution in [3.8, 4) is 0 Å². The molecular formula is C10H17N5O2. The van der Waals surface area contributed by atoms with Crippen LogP contribution in [0.5, 0.6) is 0 Å². The number of rotatable bonds is 4. The van der Waals surface area contributed by atoms with Gasteiger partial charge in [0.25, 0.3) is 0 Å². The fraction of sp³-hybridized carbons (Fsp3) is 0.700. The van der Waals surface area contributed by atoms with E-state index in [4.69, 9.17) is 10.5 Å². The highest BCUT2D eigenvalue weighted by Crippen LogP contribution is 2.17. The van der Waals surface area contributed by atoms with E-state index in [0.29, 0.717) is 12.6 Å². The second-order valence-corrected chi connectivity index (χ2v) is 3.93. The van der Waals surface area contributed by atoms with Crippen LogP contribution in [0.15, 0.2) is 0 Å². The normalized spacial score (nSPS) is 15.2. The van der Waals surface area contributed by atoms with Crippen molar-refractivity contribution < 1.29 is 9.53 Å². The smallest absolute Gasteiger partial charge is 0.327 e. The van der Waals surface area contributed by atoms with Gasteiger partial charge >= 0.3 is 5.97 Å². The Morgan fingerprint density at radius 3 is 2.82 bits per heavy atom. The van der Waals surface area contributed by atoms with Gasteiger partial charge in [-0.2, -0.15) is 4.98 Å². The molecule has 1 saturated heterocycles. The Labute approximate surface area is 99.5 Å². The van der Waals surface area contributed by atoms with Crippen molar-refractivity contribution in [1.82, 2.24) is 14.8 Å². The van der Waals surface area contributed by atoms with Crippen LogP contribution < -0.4 is 10.6 Å². The number of aromatic nitrogens is 3. The number of nitrogens with zero attached hydrogens (tertiary/aromatic N) is 4. The number of nitrogen functional groups attached to an aromatic ring is 1. The van der Waals surface area contributed by atoms with E-state index >= 15 is 0 Å². The lowest BCUT2D eigenvalue weighted by Gasteiger charge is -2.10. The molecule has 94 valence electrons. The summed E-state index contributed by atoms with van der Waals surface area (Å²) in [6, 6.07) is 0. The first-order valence-corrected chi connectivity index (χ1v) is 5.81. The highest BCUT2D eigenvalue weighted by molar-refractivity contribution is 5.69. The number of carbonyl (C=O) groups is 1. The average Bonchev–Trinajstić information content (AvgIpc) is 2.89. The zero-order valence-corrected chi connectivity index (χ0v) is 9.93. The number of esters is 1. The number of hydrogen-bond acceptors (Lipinski definition) is 6. The summed E-state index contributed by atoms with van der Waals surface area (Å²) in [6.45, 7) is 4.02. The maximum atomic E-state index is 11.3. The van der Waals surface area contributed by atoms with Gasteiger partial charge in [0.15, 0.2) is 0 Å². The topological polar surface area (TPSA) is 86.3 Å². The molecule has 2 rings (SSSR count). The quantitative estimate of drug-likeness (QED) is 0.746. The number of ether oxygens (including phenoxy) is 1. The van der Waals surface area contributed by atoms with Crippen molar-refractivity contribution in [3.63, 3.8) is 0 Å². The lowest BCUT2D eigenvalue weighted by molar-refractivity contribution is -0.144. The van der Waals surface area contributed by atoms with E-state index in [1.54, 1.807) is 6.92 Å². The van der Waals surface area contributed by atoms with E-state index in [1.807, 2.05) is 0 Å². The minimum absolute atomic E-state index is 0.0144.